The minimum Gasteiger partial charge on any atom is -0.388 e. The SMILES string of the molecule is OC(Cc1ccc(Cl)s1)c1ccc(Br)cc1Cl. The van der Waals surface area contributed by atoms with Crippen molar-refractivity contribution >= 4 is 50.5 Å². The molecule has 5 heteroatoms. The van der Waals surface area contributed by atoms with Crippen molar-refractivity contribution in [3.63, 3.8) is 0 Å². The topological polar surface area (TPSA) is 20.2 Å². The maximum Gasteiger partial charge on any atom is 0.0931 e. The lowest BCUT2D eigenvalue weighted by Crippen LogP contribution is -2.01. The van der Waals surface area contributed by atoms with Gasteiger partial charge < -0.3 is 5.11 Å². The lowest BCUT2D eigenvalue weighted by atomic mass is 10.1. The Labute approximate surface area is 122 Å². The monoisotopic (exact) mass is 350 g/mol. The summed E-state index contributed by atoms with van der Waals surface area (Å²) in [6.45, 7) is 0. The second kappa shape index (κ2) is 5.72. The van der Waals surface area contributed by atoms with Crippen LogP contribution in [0.25, 0.3) is 0 Å². The van der Waals surface area contributed by atoms with E-state index in [-0.39, 0.29) is 0 Å². The molecule has 0 aliphatic carbocycles. The Morgan fingerprint density at radius 1 is 1.24 bits per heavy atom. The number of aliphatic hydroxyl groups is 1. The van der Waals surface area contributed by atoms with Gasteiger partial charge in [-0.3, -0.25) is 0 Å². The van der Waals surface area contributed by atoms with Crippen LogP contribution in [0.2, 0.25) is 9.36 Å². The highest BCUT2D eigenvalue weighted by molar-refractivity contribution is 9.10. The van der Waals surface area contributed by atoms with Gasteiger partial charge in [-0.15, -0.1) is 11.3 Å². The summed E-state index contributed by atoms with van der Waals surface area (Å²) in [6, 6.07) is 9.22. The van der Waals surface area contributed by atoms with Gasteiger partial charge >= 0.3 is 0 Å². The zero-order valence-corrected chi connectivity index (χ0v) is 12.6. The molecular weight excluding hydrogens is 343 g/mol. The number of rotatable bonds is 3. The highest BCUT2D eigenvalue weighted by atomic mass is 79.9. The molecule has 1 atom stereocenters. The van der Waals surface area contributed by atoms with Gasteiger partial charge in [-0.1, -0.05) is 45.2 Å². The van der Waals surface area contributed by atoms with Crippen molar-refractivity contribution in [1.82, 2.24) is 0 Å². The normalized spacial score (nSPS) is 12.7. The van der Waals surface area contributed by atoms with Crippen molar-refractivity contribution in [2.45, 2.75) is 12.5 Å². The van der Waals surface area contributed by atoms with Gasteiger partial charge in [-0.2, -0.15) is 0 Å². The van der Waals surface area contributed by atoms with Crippen LogP contribution in [-0.4, -0.2) is 5.11 Å². The Kier molecular flexibility index (Phi) is 4.50. The van der Waals surface area contributed by atoms with Crippen LogP contribution in [-0.2, 0) is 6.42 Å². The predicted molar refractivity (Wildman–Crippen MR) is 77.1 cm³/mol. The fourth-order valence-electron chi connectivity index (χ4n) is 1.53. The van der Waals surface area contributed by atoms with E-state index >= 15 is 0 Å². The average molecular weight is 352 g/mol. The van der Waals surface area contributed by atoms with Gasteiger partial charge in [0.05, 0.1) is 10.4 Å². The van der Waals surface area contributed by atoms with Gasteiger partial charge in [-0.05, 0) is 29.8 Å². The molecule has 0 fully saturated rings. The van der Waals surface area contributed by atoms with E-state index in [9.17, 15) is 5.11 Å². The molecule has 2 rings (SSSR count). The third-order valence-corrected chi connectivity index (χ3v) is 4.42. The van der Waals surface area contributed by atoms with Gasteiger partial charge in [0.1, 0.15) is 0 Å². The third-order valence-electron chi connectivity index (χ3n) is 2.34. The van der Waals surface area contributed by atoms with Gasteiger partial charge in [0.25, 0.3) is 0 Å². The standard InChI is InChI=1S/C12H9BrCl2OS/c13-7-1-3-9(10(14)5-7)11(16)6-8-2-4-12(15)17-8/h1-5,11,16H,6H2. The van der Waals surface area contributed by atoms with E-state index in [2.05, 4.69) is 15.9 Å². The molecule has 0 radical (unpaired) electrons. The van der Waals surface area contributed by atoms with E-state index in [0.717, 1.165) is 19.2 Å². The first-order valence-corrected chi connectivity index (χ1v) is 7.30. The molecule has 0 amide bonds. The molecule has 1 aromatic carbocycles. The highest BCUT2D eigenvalue weighted by Crippen LogP contribution is 2.31. The van der Waals surface area contributed by atoms with Crippen molar-refractivity contribution < 1.29 is 5.11 Å². The fourth-order valence-corrected chi connectivity index (χ4v) is 3.46. The zero-order valence-electron chi connectivity index (χ0n) is 8.66. The molecule has 2 aromatic rings. The summed E-state index contributed by atoms with van der Waals surface area (Å²) in [5.74, 6) is 0. The van der Waals surface area contributed by atoms with E-state index in [1.54, 1.807) is 6.07 Å². The van der Waals surface area contributed by atoms with Crippen LogP contribution in [0, 0.1) is 0 Å². The molecule has 1 N–H and O–H groups in total. The summed E-state index contributed by atoms with van der Waals surface area (Å²) in [5.41, 5.74) is 0.736. The summed E-state index contributed by atoms with van der Waals surface area (Å²) in [7, 11) is 0. The zero-order chi connectivity index (χ0) is 12.4. The van der Waals surface area contributed by atoms with Crippen LogP contribution in [0.3, 0.4) is 0 Å². The lowest BCUT2D eigenvalue weighted by molar-refractivity contribution is 0.179. The van der Waals surface area contributed by atoms with Crippen molar-refractivity contribution in [2.24, 2.45) is 0 Å². The smallest absolute Gasteiger partial charge is 0.0931 e. The summed E-state index contributed by atoms with van der Waals surface area (Å²) < 4.78 is 1.63. The molecule has 0 saturated carbocycles. The molecule has 0 bridgehead atoms. The van der Waals surface area contributed by atoms with E-state index < -0.39 is 6.10 Å². The second-order valence-corrected chi connectivity index (χ2v) is 6.71. The average Bonchev–Trinajstić information content (AvgIpc) is 2.63. The Morgan fingerprint density at radius 2 is 2.00 bits per heavy atom. The van der Waals surface area contributed by atoms with Crippen molar-refractivity contribution in [1.29, 1.82) is 0 Å². The molecule has 1 heterocycles. The van der Waals surface area contributed by atoms with Gasteiger partial charge in [0.2, 0.25) is 0 Å². The molecule has 0 aliphatic rings. The quantitative estimate of drug-likeness (QED) is 0.816. The number of hydrogen-bond acceptors (Lipinski definition) is 2. The number of hydrogen-bond donors (Lipinski definition) is 1. The molecule has 0 spiro atoms. The summed E-state index contributed by atoms with van der Waals surface area (Å²) >= 11 is 16.7. The lowest BCUT2D eigenvalue weighted by Gasteiger charge is -2.11. The first kappa shape index (κ1) is 13.4. The van der Waals surface area contributed by atoms with Gasteiger partial charge in [0, 0.05) is 20.8 Å². The van der Waals surface area contributed by atoms with Crippen LogP contribution >= 0.6 is 50.5 Å². The Balaban J connectivity index is 2.17. The van der Waals surface area contributed by atoms with Crippen LogP contribution in [0.4, 0.5) is 0 Å². The third kappa shape index (κ3) is 3.46. The van der Waals surface area contributed by atoms with Crippen LogP contribution in [0.15, 0.2) is 34.8 Å². The van der Waals surface area contributed by atoms with Crippen molar-refractivity contribution in [3.8, 4) is 0 Å². The number of halogens is 3. The molecule has 90 valence electrons. The van der Waals surface area contributed by atoms with E-state index in [1.807, 2.05) is 24.3 Å². The van der Waals surface area contributed by atoms with Gasteiger partial charge in [-0.25, -0.2) is 0 Å². The molecular formula is C12H9BrCl2OS. The second-order valence-electron chi connectivity index (χ2n) is 3.59. The maximum atomic E-state index is 10.1. The van der Waals surface area contributed by atoms with Crippen LogP contribution < -0.4 is 0 Å². The molecule has 1 aromatic heterocycles. The molecule has 0 aliphatic heterocycles. The van der Waals surface area contributed by atoms with Gasteiger partial charge in [0.15, 0.2) is 0 Å². The molecule has 1 nitrogen and oxygen atoms in total. The Hall–Kier alpha value is -0.0600. The maximum absolute atomic E-state index is 10.1. The molecule has 17 heavy (non-hydrogen) atoms. The highest BCUT2D eigenvalue weighted by Gasteiger charge is 2.13. The fraction of sp³-hybridized carbons (Fsp3) is 0.167. The molecule has 1 unspecified atom stereocenters. The van der Waals surface area contributed by atoms with E-state index in [4.69, 9.17) is 23.2 Å². The first-order chi connectivity index (χ1) is 8.06. The summed E-state index contributed by atoms with van der Waals surface area (Å²) in [4.78, 5) is 1.04. The number of thiophene rings is 1. The minimum atomic E-state index is -0.606. The largest absolute Gasteiger partial charge is 0.388 e. The van der Waals surface area contributed by atoms with Crippen LogP contribution in [0.5, 0.6) is 0 Å². The van der Waals surface area contributed by atoms with E-state index in [1.165, 1.54) is 11.3 Å². The number of benzene rings is 1. The minimum absolute atomic E-state index is 0.527. The van der Waals surface area contributed by atoms with Crippen molar-refractivity contribution in [2.75, 3.05) is 0 Å². The van der Waals surface area contributed by atoms with Crippen molar-refractivity contribution in [3.05, 3.63) is 54.6 Å². The van der Waals surface area contributed by atoms with E-state index in [0.29, 0.717) is 11.4 Å². The summed E-state index contributed by atoms with van der Waals surface area (Å²) in [6.07, 6.45) is -0.0797. The Bertz CT molecular complexity index is 527. The number of aliphatic hydroxyl groups excluding tert-OH is 1. The summed E-state index contributed by atoms with van der Waals surface area (Å²) in [5, 5.41) is 10.7. The molecule has 0 saturated heterocycles. The predicted octanol–water partition coefficient (Wildman–Crippen LogP) is 5.09. The first-order valence-electron chi connectivity index (χ1n) is 4.93. The van der Waals surface area contributed by atoms with Crippen LogP contribution in [0.1, 0.15) is 16.5 Å². The Morgan fingerprint density at radius 3 is 2.59 bits per heavy atom.